The van der Waals surface area contributed by atoms with Crippen LogP contribution in [0, 0.1) is 5.92 Å². The van der Waals surface area contributed by atoms with Crippen LogP contribution >= 0.6 is 0 Å². The van der Waals surface area contributed by atoms with Crippen LogP contribution in [0.4, 0.5) is 0 Å². The molecule has 2 fully saturated rings. The molecule has 6 heteroatoms. The first-order chi connectivity index (χ1) is 10.0. The van der Waals surface area contributed by atoms with Crippen LogP contribution in [0.3, 0.4) is 0 Å². The SMILES string of the molecule is CCC(CC1CC1)NS(=O)(=O)c1cc(CO)n(C2CC2)c1. The molecule has 2 N–H and O–H groups in total. The van der Waals surface area contributed by atoms with E-state index in [9.17, 15) is 13.5 Å². The van der Waals surface area contributed by atoms with Gasteiger partial charge in [0.1, 0.15) is 0 Å². The molecule has 0 aliphatic heterocycles. The van der Waals surface area contributed by atoms with E-state index in [-0.39, 0.29) is 17.5 Å². The first-order valence-corrected chi connectivity index (χ1v) is 9.35. The lowest BCUT2D eigenvalue weighted by Gasteiger charge is -2.16. The van der Waals surface area contributed by atoms with Gasteiger partial charge < -0.3 is 9.67 Å². The van der Waals surface area contributed by atoms with Crippen molar-refractivity contribution in [3.8, 4) is 0 Å². The molecule has 3 rings (SSSR count). The fourth-order valence-electron chi connectivity index (χ4n) is 2.80. The molecule has 0 amide bonds. The lowest BCUT2D eigenvalue weighted by Crippen LogP contribution is -2.34. The molecule has 2 aliphatic carbocycles. The van der Waals surface area contributed by atoms with Crippen molar-refractivity contribution < 1.29 is 13.5 Å². The van der Waals surface area contributed by atoms with Crippen LogP contribution in [0.15, 0.2) is 17.2 Å². The van der Waals surface area contributed by atoms with E-state index in [0.717, 1.165) is 25.7 Å². The van der Waals surface area contributed by atoms with Gasteiger partial charge in [0.25, 0.3) is 0 Å². The summed E-state index contributed by atoms with van der Waals surface area (Å²) >= 11 is 0. The van der Waals surface area contributed by atoms with E-state index in [4.69, 9.17) is 0 Å². The van der Waals surface area contributed by atoms with Crippen molar-refractivity contribution in [2.75, 3.05) is 0 Å². The second-order valence-electron chi connectivity index (χ2n) is 6.37. The molecule has 21 heavy (non-hydrogen) atoms. The van der Waals surface area contributed by atoms with Gasteiger partial charge in [0.15, 0.2) is 0 Å². The maximum absolute atomic E-state index is 12.5. The Morgan fingerprint density at radius 3 is 2.62 bits per heavy atom. The molecule has 1 heterocycles. The molecule has 1 aromatic heterocycles. The van der Waals surface area contributed by atoms with Gasteiger partial charge in [-0.25, -0.2) is 13.1 Å². The van der Waals surface area contributed by atoms with E-state index in [1.807, 2.05) is 11.5 Å². The van der Waals surface area contributed by atoms with Gasteiger partial charge in [0.05, 0.1) is 11.5 Å². The van der Waals surface area contributed by atoms with Gasteiger partial charge in [-0.05, 0) is 37.7 Å². The molecular weight excluding hydrogens is 288 g/mol. The molecule has 1 aromatic rings. The molecule has 0 spiro atoms. The number of hydrogen-bond acceptors (Lipinski definition) is 3. The number of rotatable bonds is 8. The van der Waals surface area contributed by atoms with E-state index in [0.29, 0.717) is 17.7 Å². The van der Waals surface area contributed by atoms with Crippen molar-refractivity contribution >= 4 is 10.0 Å². The number of aromatic nitrogens is 1. The number of aliphatic hydroxyl groups is 1. The molecule has 2 aliphatic rings. The third kappa shape index (κ3) is 3.49. The zero-order chi connectivity index (χ0) is 15.0. The Balaban J connectivity index is 1.76. The number of aliphatic hydroxyl groups excluding tert-OH is 1. The van der Waals surface area contributed by atoms with Crippen LogP contribution in [-0.4, -0.2) is 24.1 Å². The zero-order valence-electron chi connectivity index (χ0n) is 12.5. The standard InChI is InChI=1S/C15H24N2O3S/c1-2-12(7-11-3-4-11)16-21(19,20)15-8-14(10-18)17(9-15)13-5-6-13/h8-9,11-13,16,18H,2-7,10H2,1H3. The minimum Gasteiger partial charge on any atom is -0.390 e. The monoisotopic (exact) mass is 312 g/mol. The Kier molecular flexibility index (Phi) is 4.12. The van der Waals surface area contributed by atoms with E-state index in [1.54, 1.807) is 12.3 Å². The fraction of sp³-hybridized carbons (Fsp3) is 0.733. The van der Waals surface area contributed by atoms with Crippen molar-refractivity contribution in [2.45, 2.75) is 69.0 Å². The maximum Gasteiger partial charge on any atom is 0.242 e. The average Bonchev–Trinajstić information content (AvgIpc) is 3.37. The van der Waals surface area contributed by atoms with E-state index in [2.05, 4.69) is 4.72 Å². The molecule has 118 valence electrons. The smallest absolute Gasteiger partial charge is 0.242 e. The van der Waals surface area contributed by atoms with Gasteiger partial charge in [-0.15, -0.1) is 0 Å². The topological polar surface area (TPSA) is 71.3 Å². The van der Waals surface area contributed by atoms with E-state index in [1.165, 1.54) is 12.8 Å². The van der Waals surface area contributed by atoms with Crippen LogP contribution < -0.4 is 4.72 Å². The Labute approximate surface area is 126 Å². The summed E-state index contributed by atoms with van der Waals surface area (Å²) in [5.41, 5.74) is 0.688. The van der Waals surface area contributed by atoms with Crippen LogP contribution in [0.2, 0.25) is 0 Å². The Hall–Kier alpha value is -0.850. The van der Waals surface area contributed by atoms with Gasteiger partial charge in [-0.3, -0.25) is 0 Å². The number of sulfonamides is 1. The zero-order valence-corrected chi connectivity index (χ0v) is 13.3. The number of nitrogens with zero attached hydrogens (tertiary/aromatic N) is 1. The highest BCUT2D eigenvalue weighted by atomic mass is 32.2. The molecule has 1 atom stereocenters. The average molecular weight is 312 g/mol. The van der Waals surface area contributed by atoms with Crippen molar-refractivity contribution in [1.29, 1.82) is 0 Å². The van der Waals surface area contributed by atoms with Gasteiger partial charge >= 0.3 is 0 Å². The largest absolute Gasteiger partial charge is 0.390 e. The van der Waals surface area contributed by atoms with Gasteiger partial charge in [0, 0.05) is 24.0 Å². The molecule has 5 nitrogen and oxygen atoms in total. The summed E-state index contributed by atoms with van der Waals surface area (Å²) in [5.74, 6) is 0.696. The minimum atomic E-state index is -3.49. The summed E-state index contributed by atoms with van der Waals surface area (Å²) in [7, 11) is -3.49. The molecule has 2 saturated carbocycles. The Bertz CT molecular complexity index is 600. The molecule has 0 saturated heterocycles. The second-order valence-corrected chi connectivity index (χ2v) is 8.08. The van der Waals surface area contributed by atoms with Crippen molar-refractivity contribution in [2.24, 2.45) is 5.92 Å². The minimum absolute atomic E-state index is 0.0179. The lowest BCUT2D eigenvalue weighted by molar-refractivity contribution is 0.270. The molecule has 0 radical (unpaired) electrons. The predicted molar refractivity (Wildman–Crippen MR) is 80.4 cm³/mol. The van der Waals surface area contributed by atoms with Crippen LogP contribution in [-0.2, 0) is 16.6 Å². The fourth-order valence-corrected chi connectivity index (χ4v) is 4.19. The molecule has 0 bridgehead atoms. The van der Waals surface area contributed by atoms with Gasteiger partial charge in [-0.1, -0.05) is 19.8 Å². The van der Waals surface area contributed by atoms with Crippen molar-refractivity contribution in [1.82, 2.24) is 9.29 Å². The van der Waals surface area contributed by atoms with Crippen LogP contribution in [0.5, 0.6) is 0 Å². The third-order valence-corrected chi connectivity index (χ3v) is 5.94. The summed E-state index contributed by atoms with van der Waals surface area (Å²) in [4.78, 5) is 0.285. The van der Waals surface area contributed by atoms with Gasteiger partial charge in [-0.2, -0.15) is 0 Å². The Morgan fingerprint density at radius 2 is 2.10 bits per heavy atom. The van der Waals surface area contributed by atoms with E-state index >= 15 is 0 Å². The molecular formula is C15H24N2O3S. The van der Waals surface area contributed by atoms with Gasteiger partial charge in [0.2, 0.25) is 10.0 Å². The predicted octanol–water partition coefficient (Wildman–Crippen LogP) is 2.17. The molecule has 0 aromatic carbocycles. The van der Waals surface area contributed by atoms with E-state index < -0.39 is 10.0 Å². The normalized spacial score (nSPS) is 20.7. The summed E-state index contributed by atoms with van der Waals surface area (Å²) in [6.45, 7) is 1.90. The van der Waals surface area contributed by atoms with Crippen LogP contribution in [0.25, 0.3) is 0 Å². The highest BCUT2D eigenvalue weighted by Crippen LogP contribution is 2.37. The first-order valence-electron chi connectivity index (χ1n) is 7.87. The number of nitrogens with one attached hydrogen (secondary N) is 1. The van der Waals surface area contributed by atoms with Crippen LogP contribution in [0.1, 0.15) is 57.2 Å². The van der Waals surface area contributed by atoms with Crippen molar-refractivity contribution in [3.05, 3.63) is 18.0 Å². The summed E-state index contributed by atoms with van der Waals surface area (Å²) in [5, 5.41) is 9.39. The highest BCUT2D eigenvalue weighted by Gasteiger charge is 2.30. The Morgan fingerprint density at radius 1 is 1.38 bits per heavy atom. The number of hydrogen-bond donors (Lipinski definition) is 2. The summed E-state index contributed by atoms with van der Waals surface area (Å²) in [6.07, 6.45) is 8.00. The summed E-state index contributed by atoms with van der Waals surface area (Å²) < 4.78 is 29.8. The van der Waals surface area contributed by atoms with Crippen molar-refractivity contribution in [3.63, 3.8) is 0 Å². The highest BCUT2D eigenvalue weighted by molar-refractivity contribution is 7.89. The summed E-state index contributed by atoms with van der Waals surface area (Å²) in [6, 6.07) is 1.98. The second kappa shape index (κ2) is 5.74. The maximum atomic E-state index is 12.5. The first kappa shape index (κ1) is 15.1. The third-order valence-electron chi connectivity index (χ3n) is 4.45. The lowest BCUT2D eigenvalue weighted by atomic mass is 10.1. The molecule has 1 unspecified atom stereocenters. The quantitative estimate of drug-likeness (QED) is 0.773.